The van der Waals surface area contributed by atoms with Crippen LogP contribution < -0.4 is 4.90 Å². The number of aryl methyl sites for hydroxylation is 1. The molecule has 3 aliphatic rings. The second kappa shape index (κ2) is 6.79. The number of nitrogens with zero attached hydrogens (tertiary/aromatic N) is 4. The van der Waals surface area contributed by atoms with Crippen molar-refractivity contribution < 1.29 is 14.6 Å². The molecule has 0 amide bonds. The smallest absolute Gasteiger partial charge is 0.135 e. The molecule has 4 heterocycles. The minimum Gasteiger partial charge on any atom is -0.384 e. The van der Waals surface area contributed by atoms with Crippen molar-refractivity contribution in [1.82, 2.24) is 14.9 Å². The van der Waals surface area contributed by atoms with Crippen molar-refractivity contribution in [2.45, 2.75) is 19.4 Å². The molecule has 0 aromatic carbocycles. The van der Waals surface area contributed by atoms with Crippen molar-refractivity contribution in [2.75, 3.05) is 64.1 Å². The zero-order valence-corrected chi connectivity index (χ0v) is 15.1. The number of β-amino-alcohol motifs (C(OH)–C–C–N with tert-alkyl or cyclic N) is 1. The molecule has 25 heavy (non-hydrogen) atoms. The summed E-state index contributed by atoms with van der Waals surface area (Å²) in [5, 5.41) is 10.8. The summed E-state index contributed by atoms with van der Waals surface area (Å²) in [5.41, 5.74) is 1.36. The Balaban J connectivity index is 1.37. The van der Waals surface area contributed by atoms with Crippen LogP contribution in [0.15, 0.2) is 6.33 Å². The quantitative estimate of drug-likeness (QED) is 0.839. The Hall–Kier alpha value is -1.28. The second-order valence-corrected chi connectivity index (χ2v) is 7.86. The fourth-order valence-corrected chi connectivity index (χ4v) is 4.43. The average Bonchev–Trinajstić information content (AvgIpc) is 3.03. The normalized spacial score (nSPS) is 29.6. The highest BCUT2D eigenvalue weighted by molar-refractivity contribution is 5.48. The summed E-state index contributed by atoms with van der Waals surface area (Å²) in [6.07, 6.45) is 1.67. The van der Waals surface area contributed by atoms with Crippen LogP contribution in [0.4, 0.5) is 5.82 Å². The van der Waals surface area contributed by atoms with Gasteiger partial charge in [0.2, 0.25) is 0 Å². The number of anilines is 1. The van der Waals surface area contributed by atoms with Crippen LogP contribution in [0.3, 0.4) is 0 Å². The number of fused-ring (bicyclic) bond motifs is 1. The predicted octanol–water partition coefficient (Wildman–Crippen LogP) is 0.239. The summed E-state index contributed by atoms with van der Waals surface area (Å²) in [5.74, 6) is 2.34. The van der Waals surface area contributed by atoms with Crippen LogP contribution >= 0.6 is 0 Å². The number of hydrogen-bond donors (Lipinski definition) is 1. The van der Waals surface area contributed by atoms with Crippen LogP contribution in [0, 0.1) is 25.7 Å². The number of aliphatic hydroxyl groups is 1. The highest BCUT2D eigenvalue weighted by atomic mass is 16.6. The molecule has 7 nitrogen and oxygen atoms in total. The maximum atomic E-state index is 10.8. The summed E-state index contributed by atoms with van der Waals surface area (Å²) in [4.78, 5) is 13.6. The molecule has 0 saturated carbocycles. The van der Waals surface area contributed by atoms with Crippen LogP contribution in [0.5, 0.6) is 0 Å². The molecule has 1 N–H and O–H groups in total. The van der Waals surface area contributed by atoms with Crippen molar-refractivity contribution in [1.29, 1.82) is 0 Å². The zero-order chi connectivity index (χ0) is 17.4. The van der Waals surface area contributed by atoms with Gasteiger partial charge in [0.15, 0.2) is 0 Å². The Morgan fingerprint density at radius 2 is 1.72 bits per heavy atom. The van der Waals surface area contributed by atoms with Crippen molar-refractivity contribution in [3.8, 4) is 0 Å². The number of ether oxygens (including phenoxy) is 2. The van der Waals surface area contributed by atoms with Gasteiger partial charge in [-0.25, -0.2) is 9.97 Å². The molecule has 0 radical (unpaired) electrons. The lowest BCUT2D eigenvalue weighted by Crippen LogP contribution is -2.49. The Morgan fingerprint density at radius 3 is 2.36 bits per heavy atom. The first-order chi connectivity index (χ1) is 12.0. The largest absolute Gasteiger partial charge is 0.384 e. The van der Waals surface area contributed by atoms with E-state index in [1.54, 1.807) is 6.33 Å². The van der Waals surface area contributed by atoms with Crippen LogP contribution in [-0.2, 0) is 9.47 Å². The van der Waals surface area contributed by atoms with Gasteiger partial charge in [0.1, 0.15) is 17.7 Å². The standard InChI is InChI=1S/C18H28N4O3/c1-13-14(2)19-12-20-17(13)22-7-15-5-21(6-16(15)8-22)9-18(23)10-24-3-4-25-11-18/h12,15-16,23H,3-11H2,1-2H3. The Kier molecular flexibility index (Phi) is 4.66. The predicted molar refractivity (Wildman–Crippen MR) is 93.7 cm³/mol. The first-order valence-corrected chi connectivity index (χ1v) is 9.17. The third-order valence-corrected chi connectivity index (χ3v) is 5.80. The molecular formula is C18H28N4O3. The number of rotatable bonds is 3. The topological polar surface area (TPSA) is 71.0 Å². The minimum absolute atomic E-state index is 0.365. The molecule has 1 aromatic heterocycles. The van der Waals surface area contributed by atoms with E-state index >= 15 is 0 Å². The van der Waals surface area contributed by atoms with Crippen LogP contribution in [-0.4, -0.2) is 84.7 Å². The molecule has 0 bridgehead atoms. The maximum Gasteiger partial charge on any atom is 0.135 e. The van der Waals surface area contributed by atoms with E-state index in [-0.39, 0.29) is 0 Å². The van der Waals surface area contributed by atoms with Gasteiger partial charge in [-0.05, 0) is 25.7 Å². The molecule has 4 rings (SSSR count). The van der Waals surface area contributed by atoms with E-state index in [4.69, 9.17) is 9.47 Å². The maximum absolute atomic E-state index is 10.8. The lowest BCUT2D eigenvalue weighted by atomic mass is 10.0. The van der Waals surface area contributed by atoms with Crippen molar-refractivity contribution in [2.24, 2.45) is 11.8 Å². The van der Waals surface area contributed by atoms with Crippen LogP contribution in [0.25, 0.3) is 0 Å². The fourth-order valence-electron chi connectivity index (χ4n) is 4.43. The average molecular weight is 348 g/mol. The lowest BCUT2D eigenvalue weighted by Gasteiger charge is -2.31. The van der Waals surface area contributed by atoms with Crippen LogP contribution in [0.1, 0.15) is 11.3 Å². The summed E-state index contributed by atoms with van der Waals surface area (Å²) in [6.45, 7) is 10.7. The van der Waals surface area contributed by atoms with E-state index in [0.29, 0.717) is 44.8 Å². The lowest BCUT2D eigenvalue weighted by molar-refractivity contribution is -0.0719. The summed E-state index contributed by atoms with van der Waals surface area (Å²) < 4.78 is 11.0. The van der Waals surface area contributed by atoms with Gasteiger partial charge < -0.3 is 19.5 Å². The van der Waals surface area contributed by atoms with E-state index in [9.17, 15) is 5.11 Å². The van der Waals surface area contributed by atoms with Crippen molar-refractivity contribution in [3.63, 3.8) is 0 Å². The van der Waals surface area contributed by atoms with Crippen molar-refractivity contribution >= 4 is 5.82 Å². The van der Waals surface area contributed by atoms with Gasteiger partial charge >= 0.3 is 0 Å². The fraction of sp³-hybridized carbons (Fsp3) is 0.778. The molecule has 2 atom stereocenters. The highest BCUT2D eigenvalue weighted by Gasteiger charge is 2.43. The first-order valence-electron chi connectivity index (χ1n) is 9.17. The summed E-state index contributed by atoms with van der Waals surface area (Å²) >= 11 is 0. The number of aromatic nitrogens is 2. The molecule has 1 aromatic rings. The highest BCUT2D eigenvalue weighted by Crippen LogP contribution is 2.35. The summed E-state index contributed by atoms with van der Waals surface area (Å²) in [7, 11) is 0. The van der Waals surface area contributed by atoms with E-state index < -0.39 is 5.60 Å². The molecule has 0 aliphatic carbocycles. The molecule has 3 saturated heterocycles. The van der Waals surface area contributed by atoms with Gasteiger partial charge in [0.25, 0.3) is 0 Å². The number of hydrogen-bond acceptors (Lipinski definition) is 7. The Labute approximate surface area is 149 Å². The molecule has 138 valence electrons. The second-order valence-electron chi connectivity index (χ2n) is 7.86. The Morgan fingerprint density at radius 1 is 1.08 bits per heavy atom. The zero-order valence-electron chi connectivity index (χ0n) is 15.1. The molecule has 3 fully saturated rings. The van der Waals surface area contributed by atoms with Gasteiger partial charge in [0, 0.05) is 44.0 Å². The van der Waals surface area contributed by atoms with Gasteiger partial charge in [0.05, 0.1) is 26.4 Å². The van der Waals surface area contributed by atoms with E-state index in [1.165, 1.54) is 5.56 Å². The first kappa shape index (κ1) is 17.1. The van der Waals surface area contributed by atoms with E-state index in [0.717, 1.165) is 37.7 Å². The summed E-state index contributed by atoms with van der Waals surface area (Å²) in [6, 6.07) is 0. The van der Waals surface area contributed by atoms with Crippen molar-refractivity contribution in [3.05, 3.63) is 17.6 Å². The molecular weight excluding hydrogens is 320 g/mol. The monoisotopic (exact) mass is 348 g/mol. The SMILES string of the molecule is Cc1ncnc(N2CC3CN(CC4(O)COCCOC4)CC3C2)c1C. The van der Waals surface area contributed by atoms with Gasteiger partial charge in [-0.3, -0.25) is 4.90 Å². The minimum atomic E-state index is -0.880. The number of likely N-dealkylation sites (tertiary alicyclic amines) is 1. The van der Waals surface area contributed by atoms with Gasteiger partial charge in [-0.1, -0.05) is 0 Å². The van der Waals surface area contributed by atoms with Gasteiger partial charge in [-0.2, -0.15) is 0 Å². The third kappa shape index (κ3) is 3.51. The molecule has 0 spiro atoms. The van der Waals surface area contributed by atoms with E-state index in [1.807, 2.05) is 6.92 Å². The third-order valence-electron chi connectivity index (χ3n) is 5.80. The Bertz CT molecular complexity index is 604. The van der Waals surface area contributed by atoms with Gasteiger partial charge in [-0.15, -0.1) is 0 Å². The molecule has 7 heteroatoms. The van der Waals surface area contributed by atoms with E-state index in [2.05, 4.69) is 26.7 Å². The van der Waals surface area contributed by atoms with Crippen LogP contribution in [0.2, 0.25) is 0 Å². The molecule has 2 unspecified atom stereocenters. The molecule has 3 aliphatic heterocycles.